The van der Waals surface area contributed by atoms with Crippen LogP contribution in [-0.2, 0) is 0 Å². The van der Waals surface area contributed by atoms with E-state index in [-0.39, 0.29) is 5.82 Å². The summed E-state index contributed by atoms with van der Waals surface area (Å²) < 4.78 is 13.5. The number of benzene rings is 2. The van der Waals surface area contributed by atoms with E-state index < -0.39 is 0 Å². The molecule has 2 rings (SSSR count). The molecule has 0 bridgehead atoms. The molecule has 2 nitrogen and oxygen atoms in total. The molecule has 0 heterocycles. The van der Waals surface area contributed by atoms with Crippen LogP contribution in [0.1, 0.15) is 5.56 Å². The van der Waals surface area contributed by atoms with Crippen LogP contribution in [-0.4, -0.2) is 0 Å². The second-order valence-corrected chi connectivity index (χ2v) is 4.26. The Bertz CT molecular complexity index is 555. The lowest BCUT2D eigenvalue weighted by molar-refractivity contribution is 0.632. The first-order valence-electron chi connectivity index (χ1n) is 5.14. The van der Waals surface area contributed by atoms with Crippen LogP contribution in [0.2, 0.25) is 5.02 Å². The summed E-state index contributed by atoms with van der Waals surface area (Å²) in [5.41, 5.74) is 8.44. The number of halogens is 2. The Morgan fingerprint density at radius 3 is 2.59 bits per heavy atom. The molecule has 2 aromatic carbocycles. The minimum atomic E-state index is -0.342. The Balaban J connectivity index is 2.34. The van der Waals surface area contributed by atoms with Crippen molar-refractivity contribution in [3.63, 3.8) is 0 Å². The van der Waals surface area contributed by atoms with Gasteiger partial charge in [-0.1, -0.05) is 11.6 Å². The molecule has 0 atom stereocenters. The lowest BCUT2D eigenvalue weighted by Crippen LogP contribution is -1.97. The quantitative estimate of drug-likeness (QED) is 0.787. The third-order valence-corrected chi connectivity index (χ3v) is 2.68. The maximum Gasteiger partial charge on any atom is 0.146 e. The molecule has 0 aliphatic heterocycles. The smallest absolute Gasteiger partial charge is 0.146 e. The zero-order valence-electron chi connectivity index (χ0n) is 9.30. The second kappa shape index (κ2) is 4.63. The van der Waals surface area contributed by atoms with Crippen LogP contribution in [0.25, 0.3) is 0 Å². The summed E-state index contributed by atoms with van der Waals surface area (Å²) in [6.07, 6.45) is 0. The van der Waals surface area contributed by atoms with Crippen LogP contribution >= 0.6 is 11.6 Å². The van der Waals surface area contributed by atoms with E-state index in [1.165, 1.54) is 12.1 Å². The first kappa shape index (κ1) is 11.7. The Morgan fingerprint density at radius 1 is 1.12 bits per heavy atom. The van der Waals surface area contributed by atoms with Crippen LogP contribution in [0.4, 0.5) is 21.5 Å². The molecule has 17 heavy (non-hydrogen) atoms. The molecule has 0 saturated carbocycles. The van der Waals surface area contributed by atoms with E-state index in [1.807, 2.05) is 19.1 Å². The summed E-state index contributed by atoms with van der Waals surface area (Å²) >= 11 is 5.82. The van der Waals surface area contributed by atoms with Crippen molar-refractivity contribution in [1.82, 2.24) is 0 Å². The van der Waals surface area contributed by atoms with Gasteiger partial charge in [0.25, 0.3) is 0 Å². The Labute approximate surface area is 104 Å². The van der Waals surface area contributed by atoms with Crippen molar-refractivity contribution in [3.05, 3.63) is 52.8 Å². The van der Waals surface area contributed by atoms with Crippen molar-refractivity contribution in [3.8, 4) is 0 Å². The van der Waals surface area contributed by atoms with Gasteiger partial charge >= 0.3 is 0 Å². The standard InChI is InChI=1S/C13H12ClFN2/c1-8-6-10(16)3-5-12(8)17-13-7-9(14)2-4-11(13)15/h2-7,17H,16H2,1H3. The van der Waals surface area contributed by atoms with E-state index >= 15 is 0 Å². The molecular formula is C13H12ClFN2. The van der Waals surface area contributed by atoms with E-state index in [4.69, 9.17) is 17.3 Å². The third kappa shape index (κ3) is 2.68. The fraction of sp³-hybridized carbons (Fsp3) is 0.0769. The lowest BCUT2D eigenvalue weighted by Gasteiger charge is -2.11. The van der Waals surface area contributed by atoms with Crippen molar-refractivity contribution in [1.29, 1.82) is 0 Å². The molecule has 3 N–H and O–H groups in total. The lowest BCUT2D eigenvalue weighted by atomic mass is 10.1. The van der Waals surface area contributed by atoms with Crippen LogP contribution in [0.15, 0.2) is 36.4 Å². The Morgan fingerprint density at radius 2 is 1.88 bits per heavy atom. The normalized spacial score (nSPS) is 10.3. The molecule has 2 aromatic rings. The van der Waals surface area contributed by atoms with Gasteiger partial charge in [-0.3, -0.25) is 0 Å². The molecule has 0 aliphatic carbocycles. The van der Waals surface area contributed by atoms with Crippen molar-refractivity contribution >= 4 is 28.7 Å². The summed E-state index contributed by atoms with van der Waals surface area (Å²) in [6, 6.07) is 9.79. The predicted octanol–water partition coefficient (Wildman–Crippen LogP) is 4.11. The number of nitrogens with one attached hydrogen (secondary N) is 1. The highest BCUT2D eigenvalue weighted by molar-refractivity contribution is 6.30. The first-order valence-corrected chi connectivity index (χ1v) is 5.52. The number of nitrogens with two attached hydrogens (primary N) is 1. The molecule has 0 radical (unpaired) electrons. The fourth-order valence-electron chi connectivity index (χ4n) is 1.57. The molecule has 0 spiro atoms. The van der Waals surface area contributed by atoms with Crippen LogP contribution in [0, 0.1) is 12.7 Å². The predicted molar refractivity (Wildman–Crippen MR) is 70.3 cm³/mol. The molecule has 0 unspecified atom stereocenters. The largest absolute Gasteiger partial charge is 0.399 e. The number of aryl methyl sites for hydroxylation is 1. The van der Waals surface area contributed by atoms with Crippen molar-refractivity contribution < 1.29 is 4.39 Å². The van der Waals surface area contributed by atoms with Crippen LogP contribution in [0.5, 0.6) is 0 Å². The number of hydrogen-bond donors (Lipinski definition) is 2. The van der Waals surface area contributed by atoms with Crippen molar-refractivity contribution in [2.75, 3.05) is 11.1 Å². The maximum absolute atomic E-state index is 13.5. The van der Waals surface area contributed by atoms with E-state index in [9.17, 15) is 4.39 Å². The van der Waals surface area contributed by atoms with Gasteiger partial charge in [0.15, 0.2) is 0 Å². The number of rotatable bonds is 2. The summed E-state index contributed by atoms with van der Waals surface area (Å²) in [5, 5.41) is 3.48. The van der Waals surface area contributed by atoms with Gasteiger partial charge in [0.05, 0.1) is 5.69 Å². The number of hydrogen-bond acceptors (Lipinski definition) is 2. The van der Waals surface area contributed by atoms with Gasteiger partial charge in [0.2, 0.25) is 0 Å². The molecule has 0 saturated heterocycles. The Kier molecular flexibility index (Phi) is 3.20. The maximum atomic E-state index is 13.5. The zero-order chi connectivity index (χ0) is 12.4. The molecule has 88 valence electrons. The number of nitrogen functional groups attached to an aromatic ring is 1. The minimum absolute atomic E-state index is 0.342. The Hall–Kier alpha value is -1.74. The van der Waals surface area contributed by atoms with Crippen LogP contribution < -0.4 is 11.1 Å². The fourth-order valence-corrected chi connectivity index (χ4v) is 1.74. The van der Waals surface area contributed by atoms with Crippen molar-refractivity contribution in [2.45, 2.75) is 6.92 Å². The average Bonchev–Trinajstić information content (AvgIpc) is 2.27. The monoisotopic (exact) mass is 250 g/mol. The molecular weight excluding hydrogens is 239 g/mol. The molecule has 4 heteroatoms. The summed E-state index contributed by atoms with van der Waals surface area (Å²) in [7, 11) is 0. The molecule has 0 amide bonds. The summed E-state index contributed by atoms with van der Waals surface area (Å²) in [4.78, 5) is 0. The van der Waals surface area contributed by atoms with Crippen LogP contribution in [0.3, 0.4) is 0 Å². The first-order chi connectivity index (χ1) is 8.06. The highest BCUT2D eigenvalue weighted by Gasteiger charge is 2.05. The van der Waals surface area contributed by atoms with E-state index in [0.29, 0.717) is 16.4 Å². The number of anilines is 3. The van der Waals surface area contributed by atoms with E-state index in [1.54, 1.807) is 12.1 Å². The summed E-state index contributed by atoms with van der Waals surface area (Å²) in [6.45, 7) is 1.90. The van der Waals surface area contributed by atoms with E-state index in [0.717, 1.165) is 11.3 Å². The van der Waals surface area contributed by atoms with Gasteiger partial charge in [-0.15, -0.1) is 0 Å². The summed E-state index contributed by atoms with van der Waals surface area (Å²) in [5.74, 6) is -0.342. The SMILES string of the molecule is Cc1cc(N)ccc1Nc1cc(Cl)ccc1F. The highest BCUT2D eigenvalue weighted by Crippen LogP contribution is 2.26. The van der Waals surface area contributed by atoms with E-state index in [2.05, 4.69) is 5.32 Å². The minimum Gasteiger partial charge on any atom is -0.399 e. The van der Waals surface area contributed by atoms with Gasteiger partial charge in [-0.2, -0.15) is 0 Å². The van der Waals surface area contributed by atoms with Crippen molar-refractivity contribution in [2.24, 2.45) is 0 Å². The second-order valence-electron chi connectivity index (χ2n) is 3.82. The highest BCUT2D eigenvalue weighted by atomic mass is 35.5. The average molecular weight is 251 g/mol. The topological polar surface area (TPSA) is 38.0 Å². The zero-order valence-corrected chi connectivity index (χ0v) is 10.1. The molecule has 0 fully saturated rings. The molecule has 0 aromatic heterocycles. The third-order valence-electron chi connectivity index (χ3n) is 2.45. The molecule has 0 aliphatic rings. The van der Waals surface area contributed by atoms with Gasteiger partial charge in [-0.05, 0) is 48.9 Å². The van der Waals surface area contributed by atoms with Gasteiger partial charge in [0.1, 0.15) is 5.82 Å². The van der Waals surface area contributed by atoms with Gasteiger partial charge in [-0.25, -0.2) is 4.39 Å². The van der Waals surface area contributed by atoms with Gasteiger partial charge in [0, 0.05) is 16.4 Å². The van der Waals surface area contributed by atoms with Gasteiger partial charge < -0.3 is 11.1 Å².